The average Bonchev–Trinajstić information content (AvgIpc) is 2.52. The van der Waals surface area contributed by atoms with Gasteiger partial charge in [0.2, 0.25) is 10.0 Å². The lowest BCUT2D eigenvalue weighted by Gasteiger charge is -2.18. The Balaban J connectivity index is 2.17. The van der Waals surface area contributed by atoms with Gasteiger partial charge in [-0.3, -0.25) is 0 Å². The summed E-state index contributed by atoms with van der Waals surface area (Å²) in [5.74, 6) is -0.449. The lowest BCUT2D eigenvalue weighted by Crippen LogP contribution is -2.29. The van der Waals surface area contributed by atoms with Crippen LogP contribution in [0.1, 0.15) is 17.2 Å². The van der Waals surface area contributed by atoms with Crippen molar-refractivity contribution in [2.75, 3.05) is 13.7 Å². The van der Waals surface area contributed by atoms with Crippen LogP contribution in [-0.2, 0) is 14.8 Å². The van der Waals surface area contributed by atoms with Crippen molar-refractivity contribution in [1.29, 1.82) is 0 Å². The van der Waals surface area contributed by atoms with Crippen LogP contribution in [0.3, 0.4) is 0 Å². The summed E-state index contributed by atoms with van der Waals surface area (Å²) in [6.07, 6.45) is -0.528. The third-order valence-electron chi connectivity index (χ3n) is 3.44. The molecule has 0 aromatic heterocycles. The molecule has 0 fully saturated rings. The molecule has 0 aliphatic carbocycles. The predicted molar refractivity (Wildman–Crippen MR) is 87.5 cm³/mol. The largest absolute Gasteiger partial charge is 0.375 e. The van der Waals surface area contributed by atoms with Gasteiger partial charge in [0, 0.05) is 24.2 Å². The minimum Gasteiger partial charge on any atom is -0.375 e. The van der Waals surface area contributed by atoms with E-state index in [0.717, 1.165) is 6.07 Å². The molecule has 0 amide bonds. The molecule has 1 N–H and O–H groups in total. The van der Waals surface area contributed by atoms with Gasteiger partial charge in [-0.15, -0.1) is 0 Å². The van der Waals surface area contributed by atoms with E-state index >= 15 is 0 Å². The number of halogens is 2. The van der Waals surface area contributed by atoms with E-state index in [0.29, 0.717) is 10.6 Å². The first-order chi connectivity index (χ1) is 10.8. The number of ether oxygens (including phenoxy) is 1. The molecule has 0 saturated heterocycles. The number of nitrogens with one attached hydrogen (secondary N) is 1. The van der Waals surface area contributed by atoms with Crippen molar-refractivity contribution in [3.05, 3.63) is 64.4 Å². The summed E-state index contributed by atoms with van der Waals surface area (Å²) < 4.78 is 45.7. The van der Waals surface area contributed by atoms with Crippen LogP contribution >= 0.6 is 11.6 Å². The van der Waals surface area contributed by atoms with Crippen LogP contribution in [0.4, 0.5) is 4.39 Å². The minimum absolute atomic E-state index is 0.00501. The first-order valence-corrected chi connectivity index (χ1v) is 8.74. The fraction of sp³-hybridized carbons (Fsp3) is 0.250. The summed E-state index contributed by atoms with van der Waals surface area (Å²) in [6.45, 7) is 1.52. The molecule has 4 nitrogen and oxygen atoms in total. The van der Waals surface area contributed by atoms with Crippen molar-refractivity contribution in [3.63, 3.8) is 0 Å². The first kappa shape index (κ1) is 17.9. The molecule has 0 aliphatic heterocycles. The monoisotopic (exact) mass is 357 g/mol. The molecule has 2 aromatic rings. The van der Waals surface area contributed by atoms with E-state index < -0.39 is 21.9 Å². The van der Waals surface area contributed by atoms with Crippen LogP contribution in [0.5, 0.6) is 0 Å². The quantitative estimate of drug-likeness (QED) is 0.861. The molecule has 0 heterocycles. The summed E-state index contributed by atoms with van der Waals surface area (Å²) in [6, 6.07) is 10.7. The number of methoxy groups -OCH3 is 1. The molecule has 1 atom stereocenters. The van der Waals surface area contributed by atoms with Gasteiger partial charge < -0.3 is 4.74 Å². The average molecular weight is 358 g/mol. The smallest absolute Gasteiger partial charge is 0.240 e. The second-order valence-electron chi connectivity index (χ2n) is 5.01. The second-order valence-corrected chi connectivity index (χ2v) is 7.18. The summed E-state index contributed by atoms with van der Waals surface area (Å²) in [5.41, 5.74) is 0.955. The van der Waals surface area contributed by atoms with Gasteiger partial charge in [-0.1, -0.05) is 29.8 Å². The Morgan fingerprint density at radius 3 is 2.57 bits per heavy atom. The van der Waals surface area contributed by atoms with Crippen LogP contribution in [0, 0.1) is 12.7 Å². The highest BCUT2D eigenvalue weighted by Gasteiger charge is 2.20. The van der Waals surface area contributed by atoms with E-state index in [9.17, 15) is 12.8 Å². The van der Waals surface area contributed by atoms with E-state index in [1.165, 1.54) is 26.2 Å². The molecular weight excluding hydrogens is 341 g/mol. The van der Waals surface area contributed by atoms with Crippen molar-refractivity contribution in [3.8, 4) is 0 Å². The van der Waals surface area contributed by atoms with Gasteiger partial charge in [-0.2, -0.15) is 0 Å². The highest BCUT2D eigenvalue weighted by atomic mass is 35.5. The maximum absolute atomic E-state index is 13.3. The van der Waals surface area contributed by atoms with Gasteiger partial charge in [0.25, 0.3) is 0 Å². The standard InChI is InChI=1S/C16H17ClFNO3S/c1-11-9-12(7-8-15(11)18)23(20,21)19-10-16(22-2)13-5-3-4-6-14(13)17/h3-9,16,19H,10H2,1-2H3/t16-/m1/s1. The molecule has 0 radical (unpaired) electrons. The molecule has 0 unspecified atom stereocenters. The van der Waals surface area contributed by atoms with Crippen molar-refractivity contribution in [1.82, 2.24) is 4.72 Å². The Kier molecular flexibility index (Phi) is 5.75. The van der Waals surface area contributed by atoms with Gasteiger partial charge in [0.15, 0.2) is 0 Å². The topological polar surface area (TPSA) is 55.4 Å². The second kappa shape index (κ2) is 7.40. The van der Waals surface area contributed by atoms with Gasteiger partial charge in [0.05, 0.1) is 11.0 Å². The van der Waals surface area contributed by atoms with Crippen molar-refractivity contribution < 1.29 is 17.5 Å². The molecule has 124 valence electrons. The summed E-state index contributed by atoms with van der Waals surface area (Å²) in [5, 5.41) is 0.496. The highest BCUT2D eigenvalue weighted by Crippen LogP contribution is 2.25. The zero-order valence-corrected chi connectivity index (χ0v) is 14.3. The van der Waals surface area contributed by atoms with Gasteiger partial charge >= 0.3 is 0 Å². The molecule has 0 bridgehead atoms. The zero-order chi connectivity index (χ0) is 17.0. The summed E-state index contributed by atoms with van der Waals surface area (Å²) in [4.78, 5) is 0.00501. The Bertz CT molecular complexity index is 796. The highest BCUT2D eigenvalue weighted by molar-refractivity contribution is 7.89. The summed E-state index contributed by atoms with van der Waals surface area (Å²) >= 11 is 6.10. The molecule has 7 heteroatoms. The predicted octanol–water partition coefficient (Wildman–Crippen LogP) is 3.45. The Hall–Kier alpha value is -1.47. The van der Waals surface area contributed by atoms with Crippen molar-refractivity contribution in [2.45, 2.75) is 17.9 Å². The van der Waals surface area contributed by atoms with Crippen molar-refractivity contribution in [2.24, 2.45) is 0 Å². The third kappa shape index (κ3) is 4.29. The van der Waals surface area contributed by atoms with Crippen LogP contribution < -0.4 is 4.72 Å². The molecule has 0 aliphatic rings. The van der Waals surface area contributed by atoms with E-state index in [4.69, 9.17) is 16.3 Å². The Morgan fingerprint density at radius 1 is 1.26 bits per heavy atom. The number of benzene rings is 2. The SMILES string of the molecule is CO[C@H](CNS(=O)(=O)c1ccc(F)c(C)c1)c1ccccc1Cl. The van der Waals surface area contributed by atoms with Gasteiger partial charge in [-0.05, 0) is 36.8 Å². The van der Waals surface area contributed by atoms with Gasteiger partial charge in [-0.25, -0.2) is 17.5 Å². The number of hydrogen-bond donors (Lipinski definition) is 1. The van der Waals surface area contributed by atoms with E-state index in [1.807, 2.05) is 0 Å². The first-order valence-electron chi connectivity index (χ1n) is 6.88. The van der Waals surface area contributed by atoms with Crippen molar-refractivity contribution >= 4 is 21.6 Å². The van der Waals surface area contributed by atoms with Crippen LogP contribution in [-0.4, -0.2) is 22.1 Å². The molecule has 23 heavy (non-hydrogen) atoms. The molecule has 0 saturated carbocycles. The fourth-order valence-electron chi connectivity index (χ4n) is 2.11. The number of sulfonamides is 1. The van der Waals surface area contributed by atoms with E-state index in [2.05, 4.69) is 4.72 Å². The van der Waals surface area contributed by atoms with Crippen LogP contribution in [0.25, 0.3) is 0 Å². The normalized spacial score (nSPS) is 13.0. The Labute approximate surface area is 140 Å². The lowest BCUT2D eigenvalue weighted by molar-refractivity contribution is 0.107. The molecule has 2 aromatic carbocycles. The van der Waals surface area contributed by atoms with E-state index in [-0.39, 0.29) is 17.0 Å². The third-order valence-corrected chi connectivity index (χ3v) is 5.20. The molecule has 2 rings (SSSR count). The zero-order valence-electron chi connectivity index (χ0n) is 12.7. The fourth-order valence-corrected chi connectivity index (χ4v) is 3.48. The Morgan fingerprint density at radius 2 is 1.96 bits per heavy atom. The van der Waals surface area contributed by atoms with Crippen LogP contribution in [0.2, 0.25) is 5.02 Å². The maximum atomic E-state index is 13.3. The number of aryl methyl sites for hydroxylation is 1. The maximum Gasteiger partial charge on any atom is 0.240 e. The number of hydrogen-bond acceptors (Lipinski definition) is 3. The molecular formula is C16H17ClFNO3S. The van der Waals surface area contributed by atoms with E-state index in [1.54, 1.807) is 24.3 Å². The minimum atomic E-state index is -3.77. The summed E-state index contributed by atoms with van der Waals surface area (Å²) in [7, 11) is -2.29. The lowest BCUT2D eigenvalue weighted by atomic mass is 10.1. The van der Waals surface area contributed by atoms with Crippen LogP contribution in [0.15, 0.2) is 47.4 Å². The van der Waals surface area contributed by atoms with Gasteiger partial charge in [0.1, 0.15) is 5.82 Å². The number of rotatable bonds is 6. The molecule has 0 spiro atoms.